The molecule has 0 fully saturated rings. The zero-order valence-electron chi connectivity index (χ0n) is 10.9. The molecule has 0 spiro atoms. The number of nitrogens with two attached hydrogens (primary N) is 1. The molecule has 0 saturated heterocycles. The molecule has 7 heteroatoms. The maximum absolute atomic E-state index is 12.1. The minimum absolute atomic E-state index is 0.194. The lowest BCUT2D eigenvalue weighted by molar-refractivity contribution is 0.601. The topological polar surface area (TPSA) is 98.0 Å². The van der Waals surface area contributed by atoms with Crippen molar-refractivity contribution in [1.29, 1.82) is 0 Å². The summed E-state index contributed by atoms with van der Waals surface area (Å²) in [7, 11) is -3.63. The van der Waals surface area contributed by atoms with E-state index in [0.717, 1.165) is 18.4 Å². The van der Waals surface area contributed by atoms with Crippen LogP contribution >= 0.6 is 0 Å². The van der Waals surface area contributed by atoms with Gasteiger partial charge in [0.25, 0.3) is 10.0 Å². The summed E-state index contributed by atoms with van der Waals surface area (Å²) in [6.45, 7) is 0.619. The van der Waals surface area contributed by atoms with E-state index in [9.17, 15) is 8.42 Å². The number of aryl methyl sites for hydroxylation is 1. The van der Waals surface area contributed by atoms with Crippen molar-refractivity contribution in [1.82, 2.24) is 10.2 Å². The number of hydrogen-bond acceptors (Lipinski definition) is 5. The maximum Gasteiger partial charge on any atom is 0.263 e. The predicted molar refractivity (Wildman–Crippen MR) is 76.7 cm³/mol. The molecule has 3 N–H and O–H groups in total. The standard InChI is InChI=1S/C13H16N4O2S/c14-9-1-3-11-5-7-12(8-6-11)20(18,19)17-13-4-2-10-15-16-13/h2,4-8,10H,1,3,9,14H2,(H,16,17). The molecule has 2 rings (SSSR count). The first kappa shape index (κ1) is 14.4. The summed E-state index contributed by atoms with van der Waals surface area (Å²) in [5, 5.41) is 7.31. The number of aromatic nitrogens is 2. The molecule has 0 atom stereocenters. The van der Waals surface area contributed by atoms with E-state index in [4.69, 9.17) is 5.73 Å². The SMILES string of the molecule is NCCCc1ccc(S(=O)(=O)Nc2cccnn2)cc1. The number of benzene rings is 1. The number of nitrogens with zero attached hydrogens (tertiary/aromatic N) is 2. The van der Waals surface area contributed by atoms with Crippen molar-refractivity contribution in [3.63, 3.8) is 0 Å². The van der Waals surface area contributed by atoms with Gasteiger partial charge in [0.1, 0.15) is 0 Å². The quantitative estimate of drug-likeness (QED) is 0.832. The van der Waals surface area contributed by atoms with Crippen molar-refractivity contribution in [2.24, 2.45) is 5.73 Å². The Morgan fingerprint density at radius 3 is 2.50 bits per heavy atom. The van der Waals surface area contributed by atoms with E-state index in [1.165, 1.54) is 6.20 Å². The van der Waals surface area contributed by atoms with Gasteiger partial charge in [-0.3, -0.25) is 4.72 Å². The molecule has 0 aliphatic carbocycles. The average Bonchev–Trinajstić information content (AvgIpc) is 2.46. The Balaban J connectivity index is 2.13. The number of rotatable bonds is 6. The van der Waals surface area contributed by atoms with Crippen LogP contribution in [0.25, 0.3) is 0 Å². The Kier molecular flexibility index (Phi) is 4.65. The Labute approximate surface area is 118 Å². The van der Waals surface area contributed by atoms with Crippen molar-refractivity contribution >= 4 is 15.8 Å². The van der Waals surface area contributed by atoms with Gasteiger partial charge >= 0.3 is 0 Å². The zero-order chi connectivity index (χ0) is 14.4. The van der Waals surface area contributed by atoms with Crippen molar-refractivity contribution < 1.29 is 8.42 Å². The Hall–Kier alpha value is -1.99. The molecule has 6 nitrogen and oxygen atoms in total. The highest BCUT2D eigenvalue weighted by atomic mass is 32.2. The number of nitrogens with one attached hydrogen (secondary N) is 1. The first-order valence-electron chi connectivity index (χ1n) is 6.21. The second-order valence-corrected chi connectivity index (χ2v) is 5.93. The van der Waals surface area contributed by atoms with Crippen LogP contribution in [0.5, 0.6) is 0 Å². The van der Waals surface area contributed by atoms with E-state index in [1.54, 1.807) is 36.4 Å². The van der Waals surface area contributed by atoms with Crippen LogP contribution in [-0.4, -0.2) is 25.2 Å². The molecule has 1 aromatic carbocycles. The summed E-state index contributed by atoms with van der Waals surface area (Å²) in [4.78, 5) is 0.194. The van der Waals surface area contributed by atoms with Gasteiger partial charge in [0.2, 0.25) is 0 Å². The third kappa shape index (κ3) is 3.75. The fourth-order valence-electron chi connectivity index (χ4n) is 1.69. The van der Waals surface area contributed by atoms with E-state index in [-0.39, 0.29) is 10.7 Å². The lowest BCUT2D eigenvalue weighted by atomic mass is 10.1. The van der Waals surface area contributed by atoms with Crippen LogP contribution in [-0.2, 0) is 16.4 Å². The highest BCUT2D eigenvalue weighted by Crippen LogP contribution is 2.15. The molecule has 0 aliphatic heterocycles. The minimum Gasteiger partial charge on any atom is -0.330 e. The molecule has 0 amide bonds. The van der Waals surface area contributed by atoms with Gasteiger partial charge in [0.05, 0.1) is 4.90 Å². The van der Waals surface area contributed by atoms with Crippen LogP contribution in [0, 0.1) is 0 Å². The van der Waals surface area contributed by atoms with Gasteiger partial charge in [0.15, 0.2) is 5.82 Å². The molecular weight excluding hydrogens is 276 g/mol. The summed E-state index contributed by atoms with van der Waals surface area (Å²) in [6, 6.07) is 9.89. The lowest BCUT2D eigenvalue weighted by Gasteiger charge is -2.07. The van der Waals surface area contributed by atoms with E-state index in [0.29, 0.717) is 6.54 Å². The molecule has 0 unspecified atom stereocenters. The molecule has 106 valence electrons. The summed E-state index contributed by atoms with van der Waals surface area (Å²) in [6.07, 6.45) is 3.20. The fourth-order valence-corrected chi connectivity index (χ4v) is 2.69. The van der Waals surface area contributed by atoms with Crippen molar-refractivity contribution in [2.75, 3.05) is 11.3 Å². The number of anilines is 1. The highest BCUT2D eigenvalue weighted by Gasteiger charge is 2.14. The van der Waals surface area contributed by atoms with E-state index in [2.05, 4.69) is 14.9 Å². The normalized spacial score (nSPS) is 11.2. The van der Waals surface area contributed by atoms with Crippen LogP contribution < -0.4 is 10.5 Å². The van der Waals surface area contributed by atoms with Crippen LogP contribution in [0.1, 0.15) is 12.0 Å². The Morgan fingerprint density at radius 2 is 1.90 bits per heavy atom. The molecule has 1 aromatic heterocycles. The monoisotopic (exact) mass is 292 g/mol. The lowest BCUT2D eigenvalue weighted by Crippen LogP contribution is -2.14. The molecule has 0 saturated carbocycles. The summed E-state index contributed by atoms with van der Waals surface area (Å²) in [5.74, 6) is 0.194. The van der Waals surface area contributed by atoms with Gasteiger partial charge in [-0.05, 0) is 49.2 Å². The van der Waals surface area contributed by atoms with E-state index in [1.807, 2.05) is 0 Å². The summed E-state index contributed by atoms with van der Waals surface area (Å²) < 4.78 is 26.6. The first-order chi connectivity index (χ1) is 9.62. The second-order valence-electron chi connectivity index (χ2n) is 4.25. The molecular formula is C13H16N4O2S. The summed E-state index contributed by atoms with van der Waals surface area (Å²) >= 11 is 0. The van der Waals surface area contributed by atoms with Crippen LogP contribution in [0.2, 0.25) is 0 Å². The third-order valence-electron chi connectivity index (χ3n) is 2.71. The Morgan fingerprint density at radius 1 is 1.15 bits per heavy atom. The molecule has 0 aliphatic rings. The van der Waals surface area contributed by atoms with Crippen molar-refractivity contribution in [2.45, 2.75) is 17.7 Å². The average molecular weight is 292 g/mol. The molecule has 1 heterocycles. The van der Waals surface area contributed by atoms with Gasteiger partial charge in [-0.2, -0.15) is 5.10 Å². The Bertz CT molecular complexity index is 642. The zero-order valence-corrected chi connectivity index (χ0v) is 11.7. The minimum atomic E-state index is -3.63. The predicted octanol–water partition coefficient (Wildman–Crippen LogP) is 1.17. The van der Waals surface area contributed by atoms with Crippen molar-refractivity contribution in [3.8, 4) is 0 Å². The van der Waals surface area contributed by atoms with Gasteiger partial charge in [-0.1, -0.05) is 12.1 Å². The largest absolute Gasteiger partial charge is 0.330 e. The smallest absolute Gasteiger partial charge is 0.263 e. The highest BCUT2D eigenvalue weighted by molar-refractivity contribution is 7.92. The van der Waals surface area contributed by atoms with Gasteiger partial charge in [-0.15, -0.1) is 5.10 Å². The fraction of sp³-hybridized carbons (Fsp3) is 0.231. The van der Waals surface area contributed by atoms with Gasteiger partial charge in [0, 0.05) is 6.20 Å². The van der Waals surface area contributed by atoms with E-state index >= 15 is 0 Å². The van der Waals surface area contributed by atoms with Crippen LogP contribution in [0.3, 0.4) is 0 Å². The number of sulfonamides is 1. The van der Waals surface area contributed by atoms with Crippen molar-refractivity contribution in [3.05, 3.63) is 48.2 Å². The van der Waals surface area contributed by atoms with Gasteiger partial charge < -0.3 is 5.73 Å². The van der Waals surface area contributed by atoms with Crippen LogP contribution in [0.4, 0.5) is 5.82 Å². The second kappa shape index (κ2) is 6.44. The van der Waals surface area contributed by atoms with Gasteiger partial charge in [-0.25, -0.2) is 8.42 Å². The number of hydrogen-bond donors (Lipinski definition) is 2. The molecule has 0 bridgehead atoms. The molecule has 0 radical (unpaired) electrons. The third-order valence-corrected chi connectivity index (χ3v) is 4.09. The maximum atomic E-state index is 12.1. The molecule has 20 heavy (non-hydrogen) atoms. The van der Waals surface area contributed by atoms with E-state index < -0.39 is 10.0 Å². The molecule has 2 aromatic rings. The summed E-state index contributed by atoms with van der Waals surface area (Å²) in [5.41, 5.74) is 6.51. The first-order valence-corrected chi connectivity index (χ1v) is 7.70. The van der Waals surface area contributed by atoms with Crippen LogP contribution in [0.15, 0.2) is 47.5 Å².